The summed E-state index contributed by atoms with van der Waals surface area (Å²) in [6.07, 6.45) is 2.28. The molecule has 0 spiro atoms. The Hall–Kier alpha value is -0.0100. The minimum Gasteiger partial charge on any atom is -0.118 e. The van der Waals surface area contributed by atoms with Crippen molar-refractivity contribution < 1.29 is 0 Å². The summed E-state index contributed by atoms with van der Waals surface area (Å²) in [6, 6.07) is 8.29. The van der Waals surface area contributed by atoms with Crippen molar-refractivity contribution in [3.8, 4) is 0 Å². The second-order valence-corrected chi connectivity index (χ2v) is 4.92. The first-order valence-corrected chi connectivity index (χ1v) is 6.31. The summed E-state index contributed by atoms with van der Waals surface area (Å²) < 4.78 is 1.11. The molecule has 0 nitrogen and oxygen atoms in total. The Labute approximate surface area is 99.8 Å². The molecule has 0 aromatic heterocycles. The molecule has 1 rings (SSSR count). The van der Waals surface area contributed by atoms with Gasteiger partial charge in [-0.2, -0.15) is 0 Å². The van der Waals surface area contributed by atoms with E-state index in [1.807, 2.05) is 12.1 Å². The van der Waals surface area contributed by atoms with Gasteiger partial charge in [-0.1, -0.05) is 54.8 Å². The molecule has 0 heterocycles. The molecule has 0 aliphatic heterocycles. The van der Waals surface area contributed by atoms with E-state index in [0.717, 1.165) is 17.3 Å². The van der Waals surface area contributed by atoms with E-state index in [-0.39, 0.29) is 5.38 Å². The van der Waals surface area contributed by atoms with Gasteiger partial charge in [-0.3, -0.25) is 0 Å². The zero-order valence-corrected chi connectivity index (χ0v) is 11.0. The molecule has 0 aliphatic rings. The van der Waals surface area contributed by atoms with Gasteiger partial charge in [-0.05, 0) is 23.6 Å². The van der Waals surface area contributed by atoms with Gasteiger partial charge in [0.1, 0.15) is 0 Å². The summed E-state index contributed by atoms with van der Waals surface area (Å²) in [7, 11) is 0. The van der Waals surface area contributed by atoms with E-state index in [0.29, 0.717) is 5.92 Å². The normalized spacial score (nSPS) is 13.2. The van der Waals surface area contributed by atoms with E-state index in [1.54, 1.807) is 0 Å². The zero-order valence-electron chi connectivity index (χ0n) is 8.63. The lowest BCUT2D eigenvalue weighted by Gasteiger charge is -2.19. The van der Waals surface area contributed by atoms with Crippen molar-refractivity contribution in [1.82, 2.24) is 0 Å². The van der Waals surface area contributed by atoms with Crippen LogP contribution in [-0.4, -0.2) is 0 Å². The maximum Gasteiger partial charge on any atom is 0.0613 e. The molecule has 0 saturated carbocycles. The van der Waals surface area contributed by atoms with Crippen molar-refractivity contribution in [2.75, 3.05) is 0 Å². The van der Waals surface area contributed by atoms with Gasteiger partial charge in [0, 0.05) is 4.47 Å². The molecule has 0 amide bonds. The number of rotatable bonds is 4. The molecule has 2 heteroatoms. The van der Waals surface area contributed by atoms with E-state index < -0.39 is 0 Å². The van der Waals surface area contributed by atoms with Crippen LogP contribution < -0.4 is 0 Å². The Kier molecular flexibility index (Phi) is 4.97. The standard InChI is InChI=1S/C12H16BrCl/c1-3-9(4-2)12(14)10-5-7-11(13)8-6-10/h5-9,12H,3-4H2,1-2H3. The molecule has 78 valence electrons. The largest absolute Gasteiger partial charge is 0.118 e. The van der Waals surface area contributed by atoms with Gasteiger partial charge in [-0.25, -0.2) is 0 Å². The molecule has 0 aliphatic carbocycles. The molecule has 0 saturated heterocycles. The van der Waals surface area contributed by atoms with Gasteiger partial charge >= 0.3 is 0 Å². The van der Waals surface area contributed by atoms with Crippen LogP contribution >= 0.6 is 27.5 Å². The van der Waals surface area contributed by atoms with E-state index in [4.69, 9.17) is 11.6 Å². The molecule has 1 aromatic carbocycles. The maximum absolute atomic E-state index is 6.41. The van der Waals surface area contributed by atoms with Crippen molar-refractivity contribution >= 4 is 27.5 Å². The van der Waals surface area contributed by atoms with Crippen molar-refractivity contribution in [2.45, 2.75) is 32.1 Å². The lowest BCUT2D eigenvalue weighted by Crippen LogP contribution is -2.05. The van der Waals surface area contributed by atoms with Crippen molar-refractivity contribution in [3.63, 3.8) is 0 Å². The molecule has 1 aromatic rings. The summed E-state index contributed by atoms with van der Waals surface area (Å²) in [6.45, 7) is 4.39. The lowest BCUT2D eigenvalue weighted by atomic mass is 9.94. The Morgan fingerprint density at radius 1 is 1.14 bits per heavy atom. The molecule has 14 heavy (non-hydrogen) atoms. The van der Waals surface area contributed by atoms with Crippen LogP contribution in [0, 0.1) is 5.92 Å². The summed E-state index contributed by atoms with van der Waals surface area (Å²) in [5, 5.41) is 0.151. The lowest BCUT2D eigenvalue weighted by molar-refractivity contribution is 0.476. The topological polar surface area (TPSA) is 0 Å². The van der Waals surface area contributed by atoms with E-state index in [2.05, 4.69) is 41.9 Å². The summed E-state index contributed by atoms with van der Waals surface area (Å²) in [5.74, 6) is 0.581. The van der Waals surface area contributed by atoms with Gasteiger partial charge in [0.15, 0.2) is 0 Å². The molecule has 0 N–H and O–H groups in total. The summed E-state index contributed by atoms with van der Waals surface area (Å²) in [5.41, 5.74) is 1.23. The van der Waals surface area contributed by atoms with Gasteiger partial charge in [0.2, 0.25) is 0 Å². The van der Waals surface area contributed by atoms with Crippen LogP contribution in [0.1, 0.15) is 37.6 Å². The van der Waals surface area contributed by atoms with Crippen molar-refractivity contribution in [2.24, 2.45) is 5.92 Å². The highest BCUT2D eigenvalue weighted by Crippen LogP contribution is 2.33. The van der Waals surface area contributed by atoms with Gasteiger partial charge < -0.3 is 0 Å². The zero-order chi connectivity index (χ0) is 10.6. The third-order valence-electron chi connectivity index (χ3n) is 2.65. The van der Waals surface area contributed by atoms with Crippen LogP contribution in [0.4, 0.5) is 0 Å². The molecule has 0 bridgehead atoms. The first kappa shape index (κ1) is 12.1. The monoisotopic (exact) mass is 274 g/mol. The van der Waals surface area contributed by atoms with Crippen LogP contribution in [-0.2, 0) is 0 Å². The molecular weight excluding hydrogens is 259 g/mol. The Bertz CT molecular complexity index is 264. The average Bonchev–Trinajstić information content (AvgIpc) is 2.20. The number of benzene rings is 1. The minimum atomic E-state index is 0.151. The predicted molar refractivity (Wildman–Crippen MR) is 66.8 cm³/mol. The van der Waals surface area contributed by atoms with E-state index >= 15 is 0 Å². The third-order valence-corrected chi connectivity index (χ3v) is 3.79. The van der Waals surface area contributed by atoms with Crippen LogP contribution in [0.15, 0.2) is 28.7 Å². The van der Waals surface area contributed by atoms with Gasteiger partial charge in [0.25, 0.3) is 0 Å². The Balaban J connectivity index is 2.77. The van der Waals surface area contributed by atoms with Crippen LogP contribution in [0.25, 0.3) is 0 Å². The first-order chi connectivity index (χ1) is 6.69. The second-order valence-electron chi connectivity index (χ2n) is 3.53. The highest BCUT2D eigenvalue weighted by atomic mass is 79.9. The molecule has 0 fully saturated rings. The number of alkyl halides is 1. The summed E-state index contributed by atoms with van der Waals surface area (Å²) >= 11 is 9.83. The minimum absolute atomic E-state index is 0.151. The number of hydrogen-bond donors (Lipinski definition) is 0. The van der Waals surface area contributed by atoms with Gasteiger partial charge in [-0.15, -0.1) is 11.6 Å². The summed E-state index contributed by atoms with van der Waals surface area (Å²) in [4.78, 5) is 0. The third kappa shape index (κ3) is 2.99. The smallest absolute Gasteiger partial charge is 0.0613 e. The number of halogens is 2. The van der Waals surface area contributed by atoms with E-state index in [9.17, 15) is 0 Å². The SMILES string of the molecule is CCC(CC)C(Cl)c1ccc(Br)cc1. The highest BCUT2D eigenvalue weighted by Gasteiger charge is 2.17. The van der Waals surface area contributed by atoms with Crippen molar-refractivity contribution in [1.29, 1.82) is 0 Å². The van der Waals surface area contributed by atoms with Crippen LogP contribution in [0.3, 0.4) is 0 Å². The van der Waals surface area contributed by atoms with Crippen molar-refractivity contribution in [3.05, 3.63) is 34.3 Å². The Morgan fingerprint density at radius 3 is 2.07 bits per heavy atom. The highest BCUT2D eigenvalue weighted by molar-refractivity contribution is 9.10. The fourth-order valence-corrected chi connectivity index (χ4v) is 2.39. The van der Waals surface area contributed by atoms with Gasteiger partial charge in [0.05, 0.1) is 5.38 Å². The predicted octanol–water partition coefficient (Wildman–Crippen LogP) is 5.17. The molecule has 1 atom stereocenters. The fourth-order valence-electron chi connectivity index (χ4n) is 1.62. The van der Waals surface area contributed by atoms with Crippen LogP contribution in [0.2, 0.25) is 0 Å². The first-order valence-electron chi connectivity index (χ1n) is 5.08. The quantitative estimate of drug-likeness (QED) is 0.665. The second kappa shape index (κ2) is 5.77. The van der Waals surface area contributed by atoms with Crippen LogP contribution in [0.5, 0.6) is 0 Å². The molecule has 0 radical (unpaired) electrons. The molecule has 1 unspecified atom stereocenters. The average molecular weight is 276 g/mol. The maximum atomic E-state index is 6.41. The fraction of sp³-hybridized carbons (Fsp3) is 0.500. The van der Waals surface area contributed by atoms with E-state index in [1.165, 1.54) is 5.56 Å². The Morgan fingerprint density at radius 2 is 1.64 bits per heavy atom. The number of hydrogen-bond acceptors (Lipinski definition) is 0. The molecular formula is C12H16BrCl.